The van der Waals surface area contributed by atoms with Gasteiger partial charge in [-0.2, -0.15) is 8.42 Å². The minimum absolute atomic E-state index is 0.274. The van der Waals surface area contributed by atoms with Crippen LogP contribution in [0.15, 0.2) is 12.2 Å². The van der Waals surface area contributed by atoms with E-state index in [0.717, 1.165) is 38.5 Å². The molecule has 2 atom stereocenters. The fraction of sp³-hybridized carbons (Fsp3) is 0.929. The topological polar surface area (TPSA) is 104 Å². The molecule has 3 N–H and O–H groups in total. The van der Waals surface area contributed by atoms with Crippen molar-refractivity contribution < 1.29 is 22.9 Å². The third-order valence-corrected chi connectivity index (χ3v) is 10.7. The zero-order valence-corrected chi connectivity index (χ0v) is 33.4. The number of rotatable bonds is 39. The molecule has 49 heavy (non-hydrogen) atoms. The van der Waals surface area contributed by atoms with E-state index in [1.807, 2.05) is 6.08 Å². The molecule has 0 spiro atoms. The number of hydrogen-bond acceptors (Lipinski definition) is 4. The van der Waals surface area contributed by atoms with Gasteiger partial charge in [-0.1, -0.05) is 219 Å². The zero-order valence-electron chi connectivity index (χ0n) is 32.6. The van der Waals surface area contributed by atoms with E-state index in [4.69, 9.17) is 0 Å². The lowest BCUT2D eigenvalue weighted by atomic mass is 10.0. The molecule has 0 rings (SSSR count). The van der Waals surface area contributed by atoms with Crippen molar-refractivity contribution in [3.63, 3.8) is 0 Å². The van der Waals surface area contributed by atoms with Crippen LogP contribution in [0.2, 0.25) is 0 Å². The summed E-state index contributed by atoms with van der Waals surface area (Å²) in [5, 5.41) is 13.2. The van der Waals surface area contributed by atoms with Crippen LogP contribution in [0, 0.1) is 0 Å². The Hall–Kier alpha value is -0.920. The molecule has 0 saturated carbocycles. The molecule has 0 aromatic carbocycles. The summed E-state index contributed by atoms with van der Waals surface area (Å²) >= 11 is 0. The van der Waals surface area contributed by atoms with Crippen LogP contribution in [-0.2, 0) is 14.9 Å². The molecule has 0 aliphatic rings. The molecular weight excluding hydrogens is 631 g/mol. The van der Waals surface area contributed by atoms with Crippen LogP contribution >= 0.6 is 0 Å². The molecule has 0 heterocycles. The predicted octanol–water partition coefficient (Wildman–Crippen LogP) is 12.6. The standard InChI is InChI=1S/C42H83NO5S/c1-3-5-7-9-11-13-15-17-19-21-23-25-27-29-31-33-35-37-41(44)40(39-49(46,47)48)43-42(45)38-36-34-32-30-28-26-24-22-20-18-16-14-12-10-8-6-4-2/h35,37,40-41,44H,3-34,36,38-39H2,1-2H3,(H,43,45)(H,46,47,48)/b37-35+. The van der Waals surface area contributed by atoms with E-state index in [-0.39, 0.29) is 5.91 Å². The molecule has 1 amide bonds. The summed E-state index contributed by atoms with van der Waals surface area (Å²) in [5.74, 6) is -0.966. The summed E-state index contributed by atoms with van der Waals surface area (Å²) in [6.07, 6.45) is 44.8. The third kappa shape index (κ3) is 38.1. The number of amides is 1. The first-order valence-electron chi connectivity index (χ1n) is 21.4. The second-order valence-electron chi connectivity index (χ2n) is 15.0. The fourth-order valence-electron chi connectivity index (χ4n) is 6.75. The number of nitrogens with one attached hydrogen (secondary N) is 1. The van der Waals surface area contributed by atoms with Crippen LogP contribution in [-0.4, -0.2) is 41.9 Å². The highest BCUT2D eigenvalue weighted by atomic mass is 32.2. The Kier molecular flexibility index (Phi) is 36.2. The van der Waals surface area contributed by atoms with E-state index in [0.29, 0.717) is 6.42 Å². The van der Waals surface area contributed by atoms with Gasteiger partial charge < -0.3 is 10.4 Å². The van der Waals surface area contributed by atoms with Gasteiger partial charge in [0.15, 0.2) is 0 Å². The Morgan fingerprint density at radius 3 is 1.16 bits per heavy atom. The number of aliphatic hydroxyl groups is 1. The number of carbonyl (C=O) groups is 1. The molecule has 0 aliphatic heterocycles. The quantitative estimate of drug-likeness (QED) is 0.0334. The maximum absolute atomic E-state index is 12.5. The van der Waals surface area contributed by atoms with Crippen LogP contribution < -0.4 is 5.32 Å². The van der Waals surface area contributed by atoms with Gasteiger partial charge >= 0.3 is 0 Å². The molecule has 0 aliphatic carbocycles. The summed E-state index contributed by atoms with van der Waals surface area (Å²) < 4.78 is 32.5. The Morgan fingerprint density at radius 2 is 0.837 bits per heavy atom. The van der Waals surface area contributed by atoms with Crippen molar-refractivity contribution in [2.75, 3.05) is 5.75 Å². The Bertz CT molecular complexity index is 831. The van der Waals surface area contributed by atoms with E-state index in [1.54, 1.807) is 6.08 Å². The van der Waals surface area contributed by atoms with Gasteiger partial charge in [0.25, 0.3) is 10.1 Å². The number of aliphatic hydroxyl groups excluding tert-OH is 1. The molecule has 0 fully saturated rings. The van der Waals surface area contributed by atoms with Crippen molar-refractivity contribution in [2.24, 2.45) is 0 Å². The summed E-state index contributed by atoms with van der Waals surface area (Å²) in [6.45, 7) is 4.54. The molecule has 0 aromatic heterocycles. The number of hydrogen-bond donors (Lipinski definition) is 3. The predicted molar refractivity (Wildman–Crippen MR) is 212 cm³/mol. The van der Waals surface area contributed by atoms with Gasteiger partial charge in [0.2, 0.25) is 5.91 Å². The zero-order chi connectivity index (χ0) is 36.1. The highest BCUT2D eigenvalue weighted by Gasteiger charge is 2.24. The lowest BCUT2D eigenvalue weighted by Gasteiger charge is -2.21. The van der Waals surface area contributed by atoms with Crippen molar-refractivity contribution in [3.8, 4) is 0 Å². The Labute approximate surface area is 305 Å². The normalized spacial score (nSPS) is 13.3. The van der Waals surface area contributed by atoms with Gasteiger partial charge in [-0.25, -0.2) is 0 Å². The monoisotopic (exact) mass is 714 g/mol. The van der Waals surface area contributed by atoms with Crippen LogP contribution in [0.25, 0.3) is 0 Å². The van der Waals surface area contributed by atoms with Crippen LogP contribution in [0.3, 0.4) is 0 Å². The number of carbonyl (C=O) groups excluding carboxylic acids is 1. The van der Waals surface area contributed by atoms with Gasteiger partial charge in [-0.3, -0.25) is 9.35 Å². The Morgan fingerprint density at radius 1 is 0.531 bits per heavy atom. The summed E-state index contributed by atoms with van der Waals surface area (Å²) in [5.41, 5.74) is 0. The largest absolute Gasteiger partial charge is 0.387 e. The van der Waals surface area contributed by atoms with Crippen molar-refractivity contribution >= 4 is 16.0 Å². The van der Waals surface area contributed by atoms with Gasteiger partial charge in [-0.05, 0) is 19.3 Å². The average Bonchev–Trinajstić information content (AvgIpc) is 3.06. The van der Waals surface area contributed by atoms with Gasteiger partial charge in [-0.15, -0.1) is 0 Å². The molecule has 2 unspecified atom stereocenters. The SMILES string of the molecule is CCCCCCCCCCCCCCCCC/C=C/C(O)C(CS(=O)(=O)O)NC(=O)CCCCCCCCCCCCCCCCCCC. The minimum atomic E-state index is -4.34. The highest BCUT2D eigenvalue weighted by Crippen LogP contribution is 2.16. The first-order chi connectivity index (χ1) is 23.8. The van der Waals surface area contributed by atoms with E-state index >= 15 is 0 Å². The molecule has 0 bridgehead atoms. The van der Waals surface area contributed by atoms with Gasteiger partial charge in [0.05, 0.1) is 17.9 Å². The van der Waals surface area contributed by atoms with E-state index in [2.05, 4.69) is 19.2 Å². The number of unbranched alkanes of at least 4 members (excludes halogenated alkanes) is 31. The van der Waals surface area contributed by atoms with Crippen LogP contribution in [0.4, 0.5) is 0 Å². The van der Waals surface area contributed by atoms with Crippen LogP contribution in [0.5, 0.6) is 0 Å². The van der Waals surface area contributed by atoms with Crippen molar-refractivity contribution in [1.29, 1.82) is 0 Å². The average molecular weight is 714 g/mol. The first kappa shape index (κ1) is 48.1. The minimum Gasteiger partial charge on any atom is -0.387 e. The van der Waals surface area contributed by atoms with Crippen molar-refractivity contribution in [1.82, 2.24) is 5.32 Å². The molecular formula is C42H83NO5S. The molecule has 0 saturated heterocycles. The van der Waals surface area contributed by atoms with E-state index in [1.165, 1.54) is 173 Å². The summed E-state index contributed by atoms with van der Waals surface area (Å²) in [6, 6.07) is -1.05. The van der Waals surface area contributed by atoms with E-state index < -0.39 is 28.0 Å². The lowest BCUT2D eigenvalue weighted by Crippen LogP contribution is -2.46. The van der Waals surface area contributed by atoms with Crippen LogP contribution in [0.1, 0.15) is 232 Å². The van der Waals surface area contributed by atoms with Crippen molar-refractivity contribution in [2.45, 2.75) is 244 Å². The molecule has 7 heteroatoms. The second kappa shape index (κ2) is 36.9. The second-order valence-corrected chi connectivity index (χ2v) is 16.5. The molecule has 0 radical (unpaired) electrons. The smallest absolute Gasteiger partial charge is 0.267 e. The maximum Gasteiger partial charge on any atom is 0.267 e. The first-order valence-corrected chi connectivity index (χ1v) is 23.0. The number of allylic oxidation sites excluding steroid dienone is 1. The Balaban J connectivity index is 3.86. The lowest BCUT2D eigenvalue weighted by molar-refractivity contribution is -0.122. The molecule has 292 valence electrons. The fourth-order valence-corrected chi connectivity index (χ4v) is 7.48. The maximum atomic E-state index is 12.5. The molecule has 0 aromatic rings. The third-order valence-electron chi connectivity index (χ3n) is 9.96. The van der Waals surface area contributed by atoms with Gasteiger partial charge in [0, 0.05) is 6.42 Å². The summed E-state index contributed by atoms with van der Waals surface area (Å²) in [7, 11) is -4.34. The van der Waals surface area contributed by atoms with E-state index in [9.17, 15) is 22.9 Å². The van der Waals surface area contributed by atoms with Crippen molar-refractivity contribution in [3.05, 3.63) is 12.2 Å². The molecule has 6 nitrogen and oxygen atoms in total. The highest BCUT2D eigenvalue weighted by molar-refractivity contribution is 7.85. The van der Waals surface area contributed by atoms with Gasteiger partial charge in [0.1, 0.15) is 0 Å². The summed E-state index contributed by atoms with van der Waals surface area (Å²) in [4.78, 5) is 12.5.